The molecule has 1 aromatic heterocycles. The average Bonchev–Trinajstić information content (AvgIpc) is 2.77. The van der Waals surface area contributed by atoms with E-state index in [0.717, 1.165) is 17.7 Å². The summed E-state index contributed by atoms with van der Waals surface area (Å²) in [4.78, 5) is 14.9. The van der Waals surface area contributed by atoms with Crippen LogP contribution in [-0.2, 0) is 12.8 Å². The highest BCUT2D eigenvalue weighted by molar-refractivity contribution is 7.14. The number of methoxy groups -OCH3 is 1. The van der Waals surface area contributed by atoms with Crippen molar-refractivity contribution in [3.8, 4) is 5.75 Å². The highest BCUT2D eigenvalue weighted by atomic mass is 35.5. The van der Waals surface area contributed by atoms with E-state index in [9.17, 15) is 4.79 Å². The van der Waals surface area contributed by atoms with E-state index in [2.05, 4.69) is 6.07 Å². The molecule has 0 spiro atoms. The third kappa shape index (κ3) is 2.99. The van der Waals surface area contributed by atoms with Crippen molar-refractivity contribution in [1.82, 2.24) is 0 Å². The van der Waals surface area contributed by atoms with Crippen molar-refractivity contribution in [2.45, 2.75) is 32.1 Å². The summed E-state index contributed by atoms with van der Waals surface area (Å²) in [5, 5.41) is 0.553. The number of thiophene rings is 1. The Morgan fingerprint density at radius 2 is 2.00 bits per heavy atom. The summed E-state index contributed by atoms with van der Waals surface area (Å²) in [6.07, 6.45) is 5.91. The van der Waals surface area contributed by atoms with E-state index >= 15 is 0 Å². The van der Waals surface area contributed by atoms with Crippen molar-refractivity contribution in [2.24, 2.45) is 0 Å². The van der Waals surface area contributed by atoms with E-state index in [-0.39, 0.29) is 5.78 Å². The molecule has 2 nitrogen and oxygen atoms in total. The molecule has 1 heterocycles. The molecule has 2 aromatic rings. The van der Waals surface area contributed by atoms with Gasteiger partial charge in [-0.15, -0.1) is 11.3 Å². The predicted molar refractivity (Wildman–Crippen MR) is 87.0 cm³/mol. The van der Waals surface area contributed by atoms with E-state index in [0.29, 0.717) is 16.3 Å². The number of halogens is 1. The quantitative estimate of drug-likeness (QED) is 0.593. The third-order valence-electron chi connectivity index (χ3n) is 3.88. The van der Waals surface area contributed by atoms with Gasteiger partial charge in [0, 0.05) is 9.90 Å². The first-order valence-corrected chi connectivity index (χ1v) is 8.38. The van der Waals surface area contributed by atoms with Gasteiger partial charge in [-0.1, -0.05) is 18.0 Å². The first-order valence-electron chi connectivity index (χ1n) is 7.19. The van der Waals surface area contributed by atoms with Crippen LogP contribution in [0.3, 0.4) is 0 Å². The maximum absolute atomic E-state index is 12.8. The Morgan fingerprint density at radius 3 is 2.81 bits per heavy atom. The van der Waals surface area contributed by atoms with Crippen LogP contribution in [0.25, 0.3) is 0 Å². The lowest BCUT2D eigenvalue weighted by molar-refractivity contribution is 0.103. The van der Waals surface area contributed by atoms with E-state index in [4.69, 9.17) is 16.3 Å². The standard InChI is InChI=1S/C17H17ClO2S/c1-20-14-8-7-12(18)10-13(14)17(19)16-9-11-5-3-2-4-6-15(11)21-16/h7-10H,2-6H2,1H3. The Morgan fingerprint density at radius 1 is 1.19 bits per heavy atom. The van der Waals surface area contributed by atoms with Gasteiger partial charge in [-0.2, -0.15) is 0 Å². The Hall–Kier alpha value is -1.32. The topological polar surface area (TPSA) is 26.3 Å². The Balaban J connectivity index is 1.97. The van der Waals surface area contributed by atoms with Crippen molar-refractivity contribution in [1.29, 1.82) is 0 Å². The minimum Gasteiger partial charge on any atom is -0.496 e. The maximum atomic E-state index is 12.8. The first kappa shape index (κ1) is 14.6. The molecule has 1 aliphatic rings. The molecule has 0 aliphatic heterocycles. The number of benzene rings is 1. The van der Waals surface area contributed by atoms with Gasteiger partial charge >= 0.3 is 0 Å². The molecule has 3 rings (SSSR count). The fourth-order valence-electron chi connectivity index (χ4n) is 2.77. The zero-order valence-corrected chi connectivity index (χ0v) is 13.5. The van der Waals surface area contributed by atoms with Crippen LogP contribution >= 0.6 is 22.9 Å². The molecule has 1 aliphatic carbocycles. The predicted octanol–water partition coefficient (Wildman–Crippen LogP) is 4.91. The van der Waals surface area contributed by atoms with Crippen molar-refractivity contribution in [3.63, 3.8) is 0 Å². The van der Waals surface area contributed by atoms with Crippen LogP contribution in [0.4, 0.5) is 0 Å². The van der Waals surface area contributed by atoms with Crippen LogP contribution in [0.1, 0.15) is 44.9 Å². The Bertz CT molecular complexity index is 652. The normalized spacial score (nSPS) is 14.4. The SMILES string of the molecule is COc1ccc(Cl)cc1C(=O)c1cc2c(s1)CCCCC2. The lowest BCUT2D eigenvalue weighted by Crippen LogP contribution is -2.02. The molecule has 0 fully saturated rings. The van der Waals surface area contributed by atoms with E-state index in [1.54, 1.807) is 36.6 Å². The molecule has 0 atom stereocenters. The highest BCUT2D eigenvalue weighted by Crippen LogP contribution is 2.32. The van der Waals surface area contributed by atoms with Crippen molar-refractivity contribution in [2.75, 3.05) is 7.11 Å². The second-order valence-corrected chi connectivity index (χ2v) is 6.87. The Kier molecular flexibility index (Phi) is 4.32. The lowest BCUT2D eigenvalue weighted by Gasteiger charge is -2.06. The molecule has 0 radical (unpaired) electrons. The van der Waals surface area contributed by atoms with Crippen LogP contribution in [0, 0.1) is 0 Å². The van der Waals surface area contributed by atoms with E-state index in [1.807, 2.05) is 0 Å². The molecule has 0 unspecified atom stereocenters. The zero-order valence-electron chi connectivity index (χ0n) is 11.9. The van der Waals surface area contributed by atoms with Gasteiger partial charge in [-0.25, -0.2) is 0 Å². The number of hydrogen-bond acceptors (Lipinski definition) is 3. The van der Waals surface area contributed by atoms with Crippen molar-refractivity contribution in [3.05, 3.63) is 50.2 Å². The Labute approximate surface area is 133 Å². The van der Waals surface area contributed by atoms with Gasteiger partial charge in [-0.05, 0) is 55.5 Å². The van der Waals surface area contributed by atoms with Gasteiger partial charge in [0.25, 0.3) is 0 Å². The first-order chi connectivity index (χ1) is 10.2. The molecular weight excluding hydrogens is 304 g/mol. The van der Waals surface area contributed by atoms with Gasteiger partial charge in [0.2, 0.25) is 5.78 Å². The smallest absolute Gasteiger partial charge is 0.206 e. The van der Waals surface area contributed by atoms with Crippen LogP contribution in [0.5, 0.6) is 5.75 Å². The number of carbonyl (C=O) groups excluding carboxylic acids is 1. The number of rotatable bonds is 3. The molecule has 1 aromatic carbocycles. The average molecular weight is 321 g/mol. The summed E-state index contributed by atoms with van der Waals surface area (Å²) >= 11 is 7.65. The van der Waals surface area contributed by atoms with Crippen molar-refractivity contribution >= 4 is 28.7 Å². The summed E-state index contributed by atoms with van der Waals surface area (Å²) < 4.78 is 5.29. The van der Waals surface area contributed by atoms with Gasteiger partial charge in [0.05, 0.1) is 17.6 Å². The highest BCUT2D eigenvalue weighted by Gasteiger charge is 2.20. The fourth-order valence-corrected chi connectivity index (χ4v) is 4.15. The molecule has 0 amide bonds. The largest absolute Gasteiger partial charge is 0.496 e. The van der Waals surface area contributed by atoms with Gasteiger partial charge in [-0.3, -0.25) is 4.79 Å². The molecule has 0 N–H and O–H groups in total. The molecule has 4 heteroatoms. The number of fused-ring (bicyclic) bond motifs is 1. The van der Waals surface area contributed by atoms with Crippen LogP contribution < -0.4 is 4.74 Å². The molecule has 110 valence electrons. The zero-order chi connectivity index (χ0) is 14.8. The summed E-state index contributed by atoms with van der Waals surface area (Å²) in [6, 6.07) is 7.23. The minimum absolute atomic E-state index is 0.00687. The summed E-state index contributed by atoms with van der Waals surface area (Å²) in [7, 11) is 1.57. The van der Waals surface area contributed by atoms with Crippen molar-refractivity contribution < 1.29 is 9.53 Å². The van der Waals surface area contributed by atoms with Gasteiger partial charge in [0.15, 0.2) is 0 Å². The van der Waals surface area contributed by atoms with Gasteiger partial charge in [0.1, 0.15) is 5.75 Å². The molecule has 21 heavy (non-hydrogen) atoms. The van der Waals surface area contributed by atoms with Crippen LogP contribution in [0.15, 0.2) is 24.3 Å². The molecule has 0 saturated heterocycles. The van der Waals surface area contributed by atoms with E-state index < -0.39 is 0 Å². The lowest BCUT2D eigenvalue weighted by atomic mass is 10.1. The third-order valence-corrected chi connectivity index (χ3v) is 5.35. The number of hydrogen-bond donors (Lipinski definition) is 0. The van der Waals surface area contributed by atoms with Crippen LogP contribution in [0.2, 0.25) is 5.02 Å². The second kappa shape index (κ2) is 6.20. The minimum atomic E-state index is 0.00687. The van der Waals surface area contributed by atoms with Gasteiger partial charge < -0.3 is 4.74 Å². The van der Waals surface area contributed by atoms with Crippen LogP contribution in [-0.4, -0.2) is 12.9 Å². The maximum Gasteiger partial charge on any atom is 0.206 e. The number of carbonyl (C=O) groups is 1. The number of ether oxygens (including phenoxy) is 1. The summed E-state index contributed by atoms with van der Waals surface area (Å²) in [5.41, 5.74) is 1.89. The molecule has 0 saturated carbocycles. The molecule has 0 bridgehead atoms. The molecular formula is C17H17ClO2S. The number of ketones is 1. The fraction of sp³-hybridized carbons (Fsp3) is 0.353. The summed E-state index contributed by atoms with van der Waals surface area (Å²) in [5.74, 6) is 0.584. The monoisotopic (exact) mass is 320 g/mol. The second-order valence-electron chi connectivity index (χ2n) is 5.29. The van der Waals surface area contributed by atoms with E-state index in [1.165, 1.54) is 29.7 Å². The number of aryl methyl sites for hydroxylation is 2. The summed E-state index contributed by atoms with van der Waals surface area (Å²) in [6.45, 7) is 0.